The summed E-state index contributed by atoms with van der Waals surface area (Å²) in [5, 5.41) is 2.19. The molecule has 10 heteroatoms. The number of hydrogen-bond donors (Lipinski definition) is 1. The first kappa shape index (κ1) is 25.9. The van der Waals surface area contributed by atoms with Gasteiger partial charge in [0.05, 0.1) is 11.8 Å². The first-order valence-corrected chi connectivity index (χ1v) is 13.1. The number of nitrogens with zero attached hydrogens (tertiary/aromatic N) is 1. The molecule has 4 atom stereocenters. The van der Waals surface area contributed by atoms with E-state index in [-0.39, 0.29) is 11.2 Å². The number of nitrogens with one attached hydrogen (secondary N) is 1. The number of alkyl halides is 2. The zero-order chi connectivity index (χ0) is 25.2. The Balaban J connectivity index is 1.80. The van der Waals surface area contributed by atoms with Crippen molar-refractivity contribution >= 4 is 22.0 Å². The molecule has 1 aliphatic heterocycles. The molecule has 1 spiro atoms. The molecule has 7 nitrogen and oxygen atoms in total. The molecule has 3 aliphatic rings. The van der Waals surface area contributed by atoms with Crippen molar-refractivity contribution in [2.24, 2.45) is 22.7 Å². The van der Waals surface area contributed by atoms with Crippen LogP contribution in [-0.4, -0.2) is 54.1 Å². The molecule has 1 heterocycles. The monoisotopic (exact) mass is 490 g/mol. The fourth-order valence-corrected chi connectivity index (χ4v) is 8.59. The SMILES string of the molecule is CC(C)[C@H](NC(=O)OC(C)(C)C)C(F)(F)/C=C/C(=O)N1[C@H]2C[C@@H]3CC[C@@]2(CS1(=O)=O)C3(C)C. The Morgan fingerprint density at radius 3 is 2.33 bits per heavy atom. The summed E-state index contributed by atoms with van der Waals surface area (Å²) >= 11 is 0. The van der Waals surface area contributed by atoms with Crippen LogP contribution in [-0.2, 0) is 19.6 Å². The standard InChI is InChI=1S/C23H36F2N2O5S/c1-14(2)18(26-19(29)32-20(3,4)5)23(24,25)11-9-17(28)27-16-12-15-8-10-22(16,21(15,6)7)13-33(27,30)31/h9,11,14-16,18H,8,10,12-13H2,1-7H3,(H,26,29)/b11-9+/t15-,16-,18-,22-/m0/s1. The van der Waals surface area contributed by atoms with Crippen LogP contribution in [0.5, 0.6) is 0 Å². The highest BCUT2D eigenvalue weighted by molar-refractivity contribution is 7.90. The van der Waals surface area contributed by atoms with Crippen molar-refractivity contribution in [3.63, 3.8) is 0 Å². The summed E-state index contributed by atoms with van der Waals surface area (Å²) in [4.78, 5) is 25.0. The predicted octanol–water partition coefficient (Wildman–Crippen LogP) is 4.09. The van der Waals surface area contributed by atoms with Crippen molar-refractivity contribution in [3.05, 3.63) is 12.2 Å². The second kappa shape index (κ2) is 7.92. The number of fused-ring (bicyclic) bond motifs is 1. The molecule has 188 valence electrons. The lowest BCUT2D eigenvalue weighted by Gasteiger charge is -2.36. The van der Waals surface area contributed by atoms with Crippen molar-refractivity contribution in [1.29, 1.82) is 0 Å². The van der Waals surface area contributed by atoms with Crippen LogP contribution in [0.15, 0.2) is 12.2 Å². The molecule has 3 fully saturated rings. The predicted molar refractivity (Wildman–Crippen MR) is 120 cm³/mol. The van der Waals surface area contributed by atoms with Crippen molar-refractivity contribution < 1.29 is 31.5 Å². The number of halogens is 2. The minimum Gasteiger partial charge on any atom is -0.444 e. The maximum atomic E-state index is 15.0. The van der Waals surface area contributed by atoms with Gasteiger partial charge in [0.25, 0.3) is 11.8 Å². The number of amides is 2. The number of carbonyl (C=O) groups is 2. The summed E-state index contributed by atoms with van der Waals surface area (Å²) in [6.07, 6.45) is 2.25. The van der Waals surface area contributed by atoms with E-state index in [1.165, 1.54) is 13.8 Å². The maximum absolute atomic E-state index is 15.0. The highest BCUT2D eigenvalue weighted by Crippen LogP contribution is 2.69. The summed E-state index contributed by atoms with van der Waals surface area (Å²) < 4.78 is 61.9. The molecule has 2 aliphatic carbocycles. The van der Waals surface area contributed by atoms with E-state index in [0.29, 0.717) is 30.9 Å². The van der Waals surface area contributed by atoms with Gasteiger partial charge in [-0.05, 0) is 63.4 Å². The summed E-state index contributed by atoms with van der Waals surface area (Å²) in [5.41, 5.74) is -1.62. The van der Waals surface area contributed by atoms with E-state index >= 15 is 8.78 Å². The Morgan fingerprint density at radius 1 is 1.21 bits per heavy atom. The molecular weight excluding hydrogens is 454 g/mol. The van der Waals surface area contributed by atoms with Gasteiger partial charge in [-0.2, -0.15) is 8.78 Å². The molecule has 2 saturated carbocycles. The van der Waals surface area contributed by atoms with Gasteiger partial charge in [-0.3, -0.25) is 4.79 Å². The number of ether oxygens (including phenoxy) is 1. The van der Waals surface area contributed by atoms with Crippen LogP contribution in [0.4, 0.5) is 13.6 Å². The third-order valence-corrected chi connectivity index (χ3v) is 9.74. The van der Waals surface area contributed by atoms with E-state index in [2.05, 4.69) is 5.32 Å². The van der Waals surface area contributed by atoms with Gasteiger partial charge in [0, 0.05) is 11.5 Å². The molecular formula is C23H36F2N2O5S. The molecule has 3 rings (SSSR count). The van der Waals surface area contributed by atoms with Crippen LogP contribution in [0.25, 0.3) is 0 Å². The Bertz CT molecular complexity index is 954. The lowest BCUT2D eigenvalue weighted by Crippen LogP contribution is -2.51. The fraction of sp³-hybridized carbons (Fsp3) is 0.826. The Morgan fingerprint density at radius 2 is 1.82 bits per heavy atom. The first-order valence-electron chi connectivity index (χ1n) is 11.5. The Labute approximate surface area is 195 Å². The lowest BCUT2D eigenvalue weighted by molar-refractivity contribution is -0.124. The van der Waals surface area contributed by atoms with Crippen molar-refractivity contribution in [3.8, 4) is 0 Å². The minimum atomic E-state index is -3.91. The smallest absolute Gasteiger partial charge is 0.408 e. The third kappa shape index (κ3) is 4.39. The molecule has 2 bridgehead atoms. The molecule has 0 aromatic carbocycles. The van der Waals surface area contributed by atoms with Gasteiger partial charge in [0.2, 0.25) is 10.0 Å². The zero-order valence-electron chi connectivity index (χ0n) is 20.4. The zero-order valence-corrected chi connectivity index (χ0v) is 21.3. The Hall–Kier alpha value is -1.71. The van der Waals surface area contributed by atoms with E-state index in [4.69, 9.17) is 4.74 Å². The lowest BCUT2D eigenvalue weighted by atomic mass is 9.69. The van der Waals surface area contributed by atoms with E-state index in [0.717, 1.165) is 10.7 Å². The number of rotatable bonds is 5. The van der Waals surface area contributed by atoms with E-state index < -0.39 is 57.0 Å². The number of hydrogen-bond acceptors (Lipinski definition) is 5. The minimum absolute atomic E-state index is 0.126. The first-order chi connectivity index (χ1) is 14.8. The van der Waals surface area contributed by atoms with Crippen LogP contribution >= 0.6 is 0 Å². The van der Waals surface area contributed by atoms with Crippen LogP contribution in [0.3, 0.4) is 0 Å². The molecule has 1 N–H and O–H groups in total. The van der Waals surface area contributed by atoms with Gasteiger partial charge in [0.15, 0.2) is 0 Å². The van der Waals surface area contributed by atoms with E-state index in [1.54, 1.807) is 20.8 Å². The number of sulfonamides is 1. The van der Waals surface area contributed by atoms with Crippen LogP contribution in [0.1, 0.15) is 67.7 Å². The summed E-state index contributed by atoms with van der Waals surface area (Å²) in [7, 11) is -3.91. The van der Waals surface area contributed by atoms with Gasteiger partial charge in [0.1, 0.15) is 11.6 Å². The quantitative estimate of drug-likeness (QED) is 0.586. The average molecular weight is 491 g/mol. The fourth-order valence-electron chi connectivity index (χ4n) is 6.08. The van der Waals surface area contributed by atoms with E-state index in [9.17, 15) is 18.0 Å². The van der Waals surface area contributed by atoms with E-state index in [1.807, 2.05) is 13.8 Å². The summed E-state index contributed by atoms with van der Waals surface area (Å²) in [6.45, 7) is 12.0. The van der Waals surface area contributed by atoms with Gasteiger partial charge in [-0.15, -0.1) is 0 Å². The molecule has 0 radical (unpaired) electrons. The number of alkyl carbamates (subject to hydrolysis) is 1. The van der Waals surface area contributed by atoms with Gasteiger partial charge >= 0.3 is 6.09 Å². The van der Waals surface area contributed by atoms with Crippen LogP contribution in [0.2, 0.25) is 0 Å². The molecule has 33 heavy (non-hydrogen) atoms. The molecule has 1 saturated heterocycles. The molecule has 0 aromatic rings. The Kier molecular flexibility index (Phi) is 6.22. The highest BCUT2D eigenvalue weighted by Gasteiger charge is 2.72. The summed E-state index contributed by atoms with van der Waals surface area (Å²) in [5.74, 6) is -5.06. The average Bonchev–Trinajstić information content (AvgIpc) is 3.10. The maximum Gasteiger partial charge on any atom is 0.408 e. The highest BCUT2D eigenvalue weighted by atomic mass is 32.2. The molecule has 2 amide bonds. The second-order valence-corrected chi connectivity index (χ2v) is 13.5. The number of carbonyl (C=O) groups excluding carboxylic acids is 2. The van der Waals surface area contributed by atoms with Gasteiger partial charge in [-0.25, -0.2) is 17.5 Å². The molecule has 0 unspecified atom stereocenters. The van der Waals surface area contributed by atoms with Crippen molar-refractivity contribution in [2.75, 3.05) is 5.75 Å². The van der Waals surface area contributed by atoms with Gasteiger partial charge < -0.3 is 10.1 Å². The van der Waals surface area contributed by atoms with Gasteiger partial charge in [-0.1, -0.05) is 27.7 Å². The molecule has 0 aromatic heterocycles. The summed E-state index contributed by atoms with van der Waals surface area (Å²) in [6, 6.07) is -2.14. The van der Waals surface area contributed by atoms with Crippen molar-refractivity contribution in [1.82, 2.24) is 9.62 Å². The van der Waals surface area contributed by atoms with Crippen LogP contribution < -0.4 is 5.32 Å². The third-order valence-electron chi connectivity index (χ3n) is 7.83. The second-order valence-electron chi connectivity index (χ2n) is 11.6. The largest absolute Gasteiger partial charge is 0.444 e. The topological polar surface area (TPSA) is 92.8 Å². The van der Waals surface area contributed by atoms with Crippen molar-refractivity contribution in [2.45, 2.75) is 91.3 Å². The van der Waals surface area contributed by atoms with Crippen LogP contribution in [0, 0.1) is 22.7 Å². The normalized spacial score (nSPS) is 31.2.